The van der Waals surface area contributed by atoms with Gasteiger partial charge in [-0.1, -0.05) is 74.6 Å². The van der Waals surface area contributed by atoms with Gasteiger partial charge in [-0.25, -0.2) is 0 Å². The van der Waals surface area contributed by atoms with E-state index in [4.69, 9.17) is 4.74 Å². The summed E-state index contributed by atoms with van der Waals surface area (Å²) in [5.41, 5.74) is 5.90. The van der Waals surface area contributed by atoms with Crippen LogP contribution in [0, 0.1) is 6.92 Å². The third kappa shape index (κ3) is 4.17. The van der Waals surface area contributed by atoms with Crippen molar-refractivity contribution in [2.75, 3.05) is 6.61 Å². The van der Waals surface area contributed by atoms with Crippen molar-refractivity contribution < 1.29 is 9.53 Å². The molecule has 0 spiro atoms. The van der Waals surface area contributed by atoms with Crippen LogP contribution in [-0.4, -0.2) is 33.7 Å². The van der Waals surface area contributed by atoms with E-state index < -0.39 is 0 Å². The first-order chi connectivity index (χ1) is 16.2. The highest BCUT2D eigenvalue weighted by Gasteiger charge is 2.45. The molecular formula is C28H33N3O2. The lowest BCUT2D eigenvalue weighted by Gasteiger charge is -2.36. The SMILES string of the molecule is CCCCOc1ccc(C2c3c(-c4ccc(C)cc4)n[nH]c3C(=O)N2C2CCCCC2)cc1. The van der Waals surface area contributed by atoms with Gasteiger partial charge in [-0.05, 0) is 43.9 Å². The van der Waals surface area contributed by atoms with Crippen molar-refractivity contribution in [1.29, 1.82) is 0 Å². The van der Waals surface area contributed by atoms with Gasteiger partial charge in [-0.2, -0.15) is 5.10 Å². The van der Waals surface area contributed by atoms with Crippen LogP contribution in [0.25, 0.3) is 11.3 Å². The number of aryl methyl sites for hydroxylation is 1. The molecule has 5 nitrogen and oxygen atoms in total. The first-order valence-corrected chi connectivity index (χ1v) is 12.4. The summed E-state index contributed by atoms with van der Waals surface area (Å²) in [6.45, 7) is 4.98. The number of aromatic amines is 1. The maximum atomic E-state index is 13.6. The highest BCUT2D eigenvalue weighted by atomic mass is 16.5. The second-order valence-electron chi connectivity index (χ2n) is 9.40. The summed E-state index contributed by atoms with van der Waals surface area (Å²) in [5.74, 6) is 0.961. The van der Waals surface area contributed by atoms with E-state index in [9.17, 15) is 4.79 Å². The van der Waals surface area contributed by atoms with Gasteiger partial charge in [0.1, 0.15) is 11.4 Å². The van der Waals surface area contributed by atoms with Crippen molar-refractivity contribution in [1.82, 2.24) is 15.1 Å². The van der Waals surface area contributed by atoms with E-state index in [1.807, 2.05) is 12.1 Å². The molecule has 172 valence electrons. The molecular weight excluding hydrogens is 410 g/mol. The zero-order valence-corrected chi connectivity index (χ0v) is 19.6. The number of carbonyl (C=O) groups excluding carboxylic acids is 1. The molecule has 0 bridgehead atoms. The number of nitrogens with zero attached hydrogens (tertiary/aromatic N) is 2. The Hall–Kier alpha value is -3.08. The van der Waals surface area contributed by atoms with Crippen molar-refractivity contribution in [2.45, 2.75) is 70.9 Å². The Labute approximate surface area is 196 Å². The van der Waals surface area contributed by atoms with Crippen LogP contribution in [0.4, 0.5) is 0 Å². The van der Waals surface area contributed by atoms with Crippen LogP contribution in [0.3, 0.4) is 0 Å². The number of H-pyrrole nitrogens is 1. The quantitative estimate of drug-likeness (QED) is 0.427. The second kappa shape index (κ2) is 9.42. The molecule has 1 N–H and O–H groups in total. The fraction of sp³-hybridized carbons (Fsp3) is 0.429. The lowest BCUT2D eigenvalue weighted by molar-refractivity contribution is 0.0606. The summed E-state index contributed by atoms with van der Waals surface area (Å²) in [6, 6.07) is 16.9. The zero-order chi connectivity index (χ0) is 22.8. The third-order valence-corrected chi connectivity index (χ3v) is 7.06. The predicted molar refractivity (Wildman–Crippen MR) is 130 cm³/mol. The molecule has 2 aromatic carbocycles. The number of unbranched alkanes of at least 4 members (excludes halogenated alkanes) is 1. The number of nitrogens with one attached hydrogen (secondary N) is 1. The summed E-state index contributed by atoms with van der Waals surface area (Å²) >= 11 is 0. The van der Waals surface area contributed by atoms with Gasteiger partial charge in [-0.15, -0.1) is 0 Å². The molecule has 2 heterocycles. The molecule has 1 unspecified atom stereocenters. The molecule has 5 heteroatoms. The van der Waals surface area contributed by atoms with Crippen molar-refractivity contribution in [3.63, 3.8) is 0 Å². The monoisotopic (exact) mass is 443 g/mol. The second-order valence-corrected chi connectivity index (χ2v) is 9.40. The first kappa shape index (κ1) is 21.7. The number of amides is 1. The summed E-state index contributed by atoms with van der Waals surface area (Å²) in [5, 5.41) is 7.71. The number of carbonyl (C=O) groups is 1. The lowest BCUT2D eigenvalue weighted by atomic mass is 9.91. The predicted octanol–water partition coefficient (Wildman–Crippen LogP) is 6.44. The maximum Gasteiger partial charge on any atom is 0.273 e. The van der Waals surface area contributed by atoms with E-state index in [-0.39, 0.29) is 18.0 Å². The number of hydrogen-bond acceptors (Lipinski definition) is 3. The van der Waals surface area contributed by atoms with E-state index in [1.165, 1.54) is 24.8 Å². The molecule has 1 aromatic heterocycles. The number of rotatable bonds is 7. The average Bonchev–Trinajstić information content (AvgIpc) is 3.40. The Kier molecular flexibility index (Phi) is 6.21. The van der Waals surface area contributed by atoms with Gasteiger partial charge < -0.3 is 9.64 Å². The minimum atomic E-state index is -0.129. The molecule has 1 atom stereocenters. The Morgan fingerprint density at radius 3 is 2.45 bits per heavy atom. The number of aromatic nitrogens is 2. The van der Waals surface area contributed by atoms with Gasteiger partial charge in [0.15, 0.2) is 0 Å². The molecule has 0 radical (unpaired) electrons. The standard InChI is InChI=1S/C28H33N3O2/c1-3-4-18-33-23-16-14-21(15-17-23)27-24-25(20-12-10-19(2)11-13-20)29-30-26(24)28(32)31(27)22-8-6-5-7-9-22/h10-17,22,27H,3-9,18H2,1-2H3,(H,29,30). The van der Waals surface area contributed by atoms with Crippen molar-refractivity contribution >= 4 is 5.91 Å². The van der Waals surface area contributed by atoms with Gasteiger partial charge in [0.2, 0.25) is 0 Å². The van der Waals surface area contributed by atoms with E-state index in [0.717, 1.165) is 60.4 Å². The Morgan fingerprint density at radius 2 is 1.76 bits per heavy atom. The van der Waals surface area contributed by atoms with Gasteiger partial charge in [0.25, 0.3) is 5.91 Å². The Morgan fingerprint density at radius 1 is 1.03 bits per heavy atom. The fourth-order valence-electron chi connectivity index (χ4n) is 5.24. The van der Waals surface area contributed by atoms with Crippen LogP contribution < -0.4 is 4.74 Å². The number of hydrogen-bond donors (Lipinski definition) is 1. The molecule has 0 saturated heterocycles. The van der Waals surface area contributed by atoms with Crippen LogP contribution in [0.1, 0.15) is 85.1 Å². The van der Waals surface area contributed by atoms with Crippen LogP contribution in [-0.2, 0) is 0 Å². The molecule has 1 saturated carbocycles. The van der Waals surface area contributed by atoms with Crippen LogP contribution in [0.15, 0.2) is 48.5 Å². The number of benzene rings is 2. The molecule has 1 aliphatic heterocycles. The van der Waals surface area contributed by atoms with E-state index in [0.29, 0.717) is 5.69 Å². The molecule has 33 heavy (non-hydrogen) atoms. The normalized spacial score (nSPS) is 18.5. The summed E-state index contributed by atoms with van der Waals surface area (Å²) in [4.78, 5) is 15.8. The van der Waals surface area contributed by atoms with Crippen molar-refractivity contribution in [3.8, 4) is 17.0 Å². The molecule has 3 aromatic rings. The zero-order valence-electron chi connectivity index (χ0n) is 19.6. The van der Waals surface area contributed by atoms with E-state index >= 15 is 0 Å². The minimum absolute atomic E-state index is 0.0797. The molecule has 1 fully saturated rings. The fourth-order valence-corrected chi connectivity index (χ4v) is 5.24. The van der Waals surface area contributed by atoms with Crippen LogP contribution >= 0.6 is 0 Å². The van der Waals surface area contributed by atoms with Crippen LogP contribution in [0.5, 0.6) is 5.75 Å². The largest absolute Gasteiger partial charge is 0.494 e. The minimum Gasteiger partial charge on any atom is -0.494 e. The van der Waals surface area contributed by atoms with Gasteiger partial charge >= 0.3 is 0 Å². The highest BCUT2D eigenvalue weighted by molar-refractivity contribution is 6.00. The molecule has 1 aliphatic carbocycles. The lowest BCUT2D eigenvalue weighted by Crippen LogP contribution is -2.40. The Bertz CT molecular complexity index is 1100. The van der Waals surface area contributed by atoms with Gasteiger partial charge in [-0.3, -0.25) is 9.89 Å². The number of ether oxygens (including phenoxy) is 1. The first-order valence-electron chi connectivity index (χ1n) is 12.4. The highest BCUT2D eigenvalue weighted by Crippen LogP contribution is 2.45. The topological polar surface area (TPSA) is 58.2 Å². The Balaban J connectivity index is 1.55. The van der Waals surface area contributed by atoms with Crippen molar-refractivity contribution in [3.05, 3.63) is 70.9 Å². The van der Waals surface area contributed by atoms with Gasteiger partial charge in [0.05, 0.1) is 18.3 Å². The van der Waals surface area contributed by atoms with E-state index in [2.05, 4.69) is 65.3 Å². The molecule has 2 aliphatic rings. The summed E-state index contributed by atoms with van der Waals surface area (Å²) in [7, 11) is 0. The third-order valence-electron chi connectivity index (χ3n) is 7.06. The molecule has 5 rings (SSSR count). The average molecular weight is 444 g/mol. The summed E-state index contributed by atoms with van der Waals surface area (Å²) < 4.78 is 5.89. The van der Waals surface area contributed by atoms with E-state index in [1.54, 1.807) is 0 Å². The van der Waals surface area contributed by atoms with Crippen molar-refractivity contribution in [2.24, 2.45) is 0 Å². The molecule has 1 amide bonds. The smallest absolute Gasteiger partial charge is 0.273 e. The summed E-state index contributed by atoms with van der Waals surface area (Å²) in [6.07, 6.45) is 7.92. The van der Waals surface area contributed by atoms with Crippen LogP contribution in [0.2, 0.25) is 0 Å². The number of fused-ring (bicyclic) bond motifs is 1. The maximum absolute atomic E-state index is 13.6. The van der Waals surface area contributed by atoms with Gasteiger partial charge in [0, 0.05) is 17.2 Å².